The first kappa shape index (κ1) is 13.3. The van der Waals surface area contributed by atoms with Crippen LogP contribution in [0.15, 0.2) is 30.5 Å². The lowest BCUT2D eigenvalue weighted by atomic mass is 10.0. The molecule has 0 fully saturated rings. The van der Waals surface area contributed by atoms with Crippen LogP contribution < -0.4 is 4.90 Å². The van der Waals surface area contributed by atoms with E-state index in [0.717, 1.165) is 0 Å². The van der Waals surface area contributed by atoms with Gasteiger partial charge in [-0.15, -0.1) is 0 Å². The third kappa shape index (κ3) is 2.51. The van der Waals surface area contributed by atoms with Crippen molar-refractivity contribution < 1.29 is 4.39 Å². The van der Waals surface area contributed by atoms with Crippen LogP contribution in [0.2, 0.25) is 5.02 Å². The third-order valence-electron chi connectivity index (χ3n) is 2.66. The van der Waals surface area contributed by atoms with Gasteiger partial charge >= 0.3 is 0 Å². The third-order valence-corrected chi connectivity index (χ3v) is 2.98. The molecule has 2 aromatic rings. The Bertz CT molecular complexity index is 642. The molecule has 5 heteroatoms. The Morgan fingerprint density at radius 3 is 2.68 bits per heavy atom. The van der Waals surface area contributed by atoms with Crippen LogP contribution in [-0.4, -0.2) is 19.1 Å². The maximum absolute atomic E-state index is 13.8. The van der Waals surface area contributed by atoms with Crippen molar-refractivity contribution in [1.29, 1.82) is 5.26 Å². The molecule has 3 nitrogen and oxygen atoms in total. The molecule has 0 atom stereocenters. The topological polar surface area (TPSA) is 39.9 Å². The fourth-order valence-corrected chi connectivity index (χ4v) is 2.08. The molecule has 0 spiro atoms. The second-order valence-electron chi connectivity index (χ2n) is 4.20. The lowest BCUT2D eigenvalue weighted by molar-refractivity contribution is 0.631. The number of pyridine rings is 1. The number of hydrogen-bond acceptors (Lipinski definition) is 3. The maximum Gasteiger partial charge on any atom is 0.146 e. The second-order valence-corrected chi connectivity index (χ2v) is 4.61. The molecule has 0 unspecified atom stereocenters. The van der Waals surface area contributed by atoms with Crippen molar-refractivity contribution in [2.75, 3.05) is 19.0 Å². The number of benzene rings is 1. The van der Waals surface area contributed by atoms with Gasteiger partial charge in [-0.05, 0) is 18.2 Å². The number of aromatic nitrogens is 1. The zero-order valence-corrected chi connectivity index (χ0v) is 11.2. The van der Waals surface area contributed by atoms with Gasteiger partial charge in [0, 0.05) is 31.4 Å². The molecule has 2 rings (SSSR count). The lowest BCUT2D eigenvalue weighted by Gasteiger charge is -2.14. The van der Waals surface area contributed by atoms with Gasteiger partial charge < -0.3 is 4.90 Å². The molecule has 1 aromatic heterocycles. The molecule has 0 aliphatic rings. The Labute approximate surface area is 115 Å². The standard InChI is InChI=1S/C14H11ClFN3/c1-19(2)14-9(7-17)6-10(8-18-14)13-11(15)4-3-5-12(13)16/h3-6,8H,1-2H3. The van der Waals surface area contributed by atoms with Crippen molar-refractivity contribution in [3.8, 4) is 17.2 Å². The summed E-state index contributed by atoms with van der Waals surface area (Å²) in [5.41, 5.74) is 1.13. The fourth-order valence-electron chi connectivity index (χ4n) is 1.81. The van der Waals surface area contributed by atoms with Crippen LogP contribution in [0.5, 0.6) is 0 Å². The van der Waals surface area contributed by atoms with Gasteiger partial charge in [0.1, 0.15) is 17.7 Å². The van der Waals surface area contributed by atoms with Gasteiger partial charge in [-0.3, -0.25) is 0 Å². The van der Waals surface area contributed by atoms with Gasteiger partial charge in [0.2, 0.25) is 0 Å². The second kappa shape index (κ2) is 5.25. The first-order valence-corrected chi connectivity index (χ1v) is 5.94. The van der Waals surface area contributed by atoms with Crippen molar-refractivity contribution in [1.82, 2.24) is 4.98 Å². The first-order valence-electron chi connectivity index (χ1n) is 5.56. The predicted octanol–water partition coefficient (Wildman–Crippen LogP) is 3.48. The van der Waals surface area contributed by atoms with Crippen LogP contribution in [-0.2, 0) is 0 Å². The summed E-state index contributed by atoms with van der Waals surface area (Å²) in [5.74, 6) is 0.106. The zero-order chi connectivity index (χ0) is 14.0. The monoisotopic (exact) mass is 275 g/mol. The smallest absolute Gasteiger partial charge is 0.146 e. The molecule has 19 heavy (non-hydrogen) atoms. The highest BCUT2D eigenvalue weighted by Gasteiger charge is 2.13. The van der Waals surface area contributed by atoms with Crippen LogP contribution in [0.4, 0.5) is 10.2 Å². The van der Waals surface area contributed by atoms with Gasteiger partial charge in [0.25, 0.3) is 0 Å². The molecule has 0 N–H and O–H groups in total. The molecule has 0 saturated heterocycles. The average Bonchev–Trinajstić information content (AvgIpc) is 2.38. The average molecular weight is 276 g/mol. The van der Waals surface area contributed by atoms with Gasteiger partial charge in [-0.2, -0.15) is 5.26 Å². The van der Waals surface area contributed by atoms with E-state index in [1.165, 1.54) is 18.3 Å². The fraction of sp³-hybridized carbons (Fsp3) is 0.143. The van der Waals surface area contributed by atoms with Crippen molar-refractivity contribution in [3.05, 3.63) is 46.9 Å². The largest absolute Gasteiger partial charge is 0.362 e. The molecule has 1 aromatic carbocycles. The number of anilines is 1. The highest BCUT2D eigenvalue weighted by molar-refractivity contribution is 6.33. The van der Waals surface area contributed by atoms with Gasteiger partial charge in [0.05, 0.1) is 10.6 Å². The quantitative estimate of drug-likeness (QED) is 0.842. The van der Waals surface area contributed by atoms with Crippen LogP contribution >= 0.6 is 11.6 Å². The summed E-state index contributed by atoms with van der Waals surface area (Å²) in [6.45, 7) is 0. The minimum absolute atomic E-state index is 0.262. The van der Waals surface area contributed by atoms with E-state index < -0.39 is 5.82 Å². The van der Waals surface area contributed by atoms with Gasteiger partial charge in [-0.1, -0.05) is 17.7 Å². The van der Waals surface area contributed by atoms with E-state index in [-0.39, 0.29) is 5.56 Å². The molecule has 1 heterocycles. The molecule has 96 valence electrons. The molecule has 0 aliphatic carbocycles. The van der Waals surface area contributed by atoms with E-state index in [0.29, 0.717) is 22.0 Å². The van der Waals surface area contributed by atoms with Crippen molar-refractivity contribution in [2.24, 2.45) is 0 Å². The van der Waals surface area contributed by atoms with Crippen molar-refractivity contribution in [3.63, 3.8) is 0 Å². The first-order chi connectivity index (χ1) is 9.04. The minimum Gasteiger partial charge on any atom is -0.362 e. The predicted molar refractivity (Wildman–Crippen MR) is 73.7 cm³/mol. The Kier molecular flexibility index (Phi) is 3.68. The van der Waals surface area contributed by atoms with Gasteiger partial charge in [0.15, 0.2) is 0 Å². The summed E-state index contributed by atoms with van der Waals surface area (Å²) in [5, 5.41) is 9.43. The summed E-state index contributed by atoms with van der Waals surface area (Å²) >= 11 is 6.00. The van der Waals surface area contributed by atoms with E-state index in [1.807, 2.05) is 0 Å². The Hall–Kier alpha value is -2.12. The SMILES string of the molecule is CN(C)c1ncc(-c2c(F)cccc2Cl)cc1C#N. The van der Waals surface area contributed by atoms with E-state index in [1.54, 1.807) is 31.1 Å². The van der Waals surface area contributed by atoms with E-state index in [9.17, 15) is 4.39 Å². The normalized spacial score (nSPS) is 10.1. The summed E-state index contributed by atoms with van der Waals surface area (Å²) in [4.78, 5) is 5.91. The zero-order valence-electron chi connectivity index (χ0n) is 10.5. The number of rotatable bonds is 2. The Balaban J connectivity index is 2.63. The molecule has 0 saturated carbocycles. The molecule has 0 amide bonds. The maximum atomic E-state index is 13.8. The Morgan fingerprint density at radius 2 is 2.11 bits per heavy atom. The van der Waals surface area contributed by atoms with Crippen LogP contribution in [0.25, 0.3) is 11.1 Å². The highest BCUT2D eigenvalue weighted by atomic mass is 35.5. The summed E-state index contributed by atoms with van der Waals surface area (Å²) in [6, 6.07) is 8.11. The van der Waals surface area contributed by atoms with Crippen LogP contribution in [0.3, 0.4) is 0 Å². The molecule has 0 bridgehead atoms. The van der Waals surface area contributed by atoms with E-state index >= 15 is 0 Å². The number of nitrogens with zero attached hydrogens (tertiary/aromatic N) is 3. The Morgan fingerprint density at radius 1 is 1.37 bits per heavy atom. The summed E-state index contributed by atoms with van der Waals surface area (Å²) in [7, 11) is 3.58. The number of halogens is 2. The summed E-state index contributed by atoms with van der Waals surface area (Å²) in [6.07, 6.45) is 1.51. The molecule has 0 aliphatic heterocycles. The van der Waals surface area contributed by atoms with Crippen LogP contribution in [0.1, 0.15) is 5.56 Å². The molecular weight excluding hydrogens is 265 g/mol. The van der Waals surface area contributed by atoms with Crippen molar-refractivity contribution in [2.45, 2.75) is 0 Å². The molecular formula is C14H11ClFN3. The van der Waals surface area contributed by atoms with Gasteiger partial charge in [-0.25, -0.2) is 9.37 Å². The van der Waals surface area contributed by atoms with Crippen molar-refractivity contribution >= 4 is 17.4 Å². The number of nitriles is 1. The lowest BCUT2D eigenvalue weighted by Crippen LogP contribution is -2.12. The van der Waals surface area contributed by atoms with E-state index in [2.05, 4.69) is 11.1 Å². The van der Waals surface area contributed by atoms with Crippen LogP contribution in [0, 0.1) is 17.1 Å². The summed E-state index contributed by atoms with van der Waals surface area (Å²) < 4.78 is 13.8. The number of hydrogen-bond donors (Lipinski definition) is 0. The minimum atomic E-state index is -0.434. The highest BCUT2D eigenvalue weighted by Crippen LogP contribution is 2.31. The van der Waals surface area contributed by atoms with E-state index in [4.69, 9.17) is 16.9 Å². The molecule has 0 radical (unpaired) electrons.